The van der Waals surface area contributed by atoms with Crippen LogP contribution in [0.5, 0.6) is 0 Å². The van der Waals surface area contributed by atoms with Gasteiger partial charge in [-0.2, -0.15) is 0 Å². The third kappa shape index (κ3) is 2.36. The average Bonchev–Trinajstić information content (AvgIpc) is 2.79. The number of amides is 1. The highest BCUT2D eigenvalue weighted by Gasteiger charge is 2.43. The summed E-state index contributed by atoms with van der Waals surface area (Å²) < 4.78 is 5.16. The molecule has 0 radical (unpaired) electrons. The van der Waals surface area contributed by atoms with E-state index in [0.717, 1.165) is 22.4 Å². The van der Waals surface area contributed by atoms with Crippen molar-refractivity contribution in [3.63, 3.8) is 0 Å². The minimum atomic E-state index is -0.571. The number of aliphatic hydroxyl groups is 1. The second-order valence-corrected chi connectivity index (χ2v) is 5.65. The number of carbonyl (C=O) groups excluding carboxylic acids is 1. The first-order chi connectivity index (χ1) is 11.1. The number of methoxy groups -OCH3 is 1. The van der Waals surface area contributed by atoms with Crippen molar-refractivity contribution in [2.24, 2.45) is 0 Å². The van der Waals surface area contributed by atoms with Gasteiger partial charge in [-0.3, -0.25) is 9.69 Å². The third-order valence-electron chi connectivity index (χ3n) is 4.16. The maximum Gasteiger partial charge on any atom is 0.297 e. The molecule has 1 heterocycles. The van der Waals surface area contributed by atoms with Gasteiger partial charge in [0.2, 0.25) is 5.76 Å². The lowest BCUT2D eigenvalue weighted by molar-refractivity contribution is -0.117. The van der Waals surface area contributed by atoms with E-state index in [1.165, 1.54) is 7.11 Å². The Morgan fingerprint density at radius 2 is 1.61 bits per heavy atom. The van der Waals surface area contributed by atoms with Crippen molar-refractivity contribution >= 4 is 11.6 Å². The van der Waals surface area contributed by atoms with Crippen molar-refractivity contribution in [1.29, 1.82) is 0 Å². The zero-order valence-corrected chi connectivity index (χ0v) is 13.4. The molecule has 2 aromatic rings. The first kappa shape index (κ1) is 15.2. The maximum atomic E-state index is 12.8. The van der Waals surface area contributed by atoms with Gasteiger partial charge in [0.05, 0.1) is 12.8 Å². The summed E-state index contributed by atoms with van der Waals surface area (Å²) in [6, 6.07) is 14.8. The van der Waals surface area contributed by atoms with E-state index in [0.29, 0.717) is 0 Å². The molecule has 0 saturated carbocycles. The largest absolute Gasteiger partial charge is 0.506 e. The van der Waals surface area contributed by atoms with Crippen LogP contribution in [0.25, 0.3) is 0 Å². The Kier molecular flexibility index (Phi) is 3.82. The van der Waals surface area contributed by atoms with Gasteiger partial charge in [-0.15, -0.1) is 0 Å². The minimum Gasteiger partial charge on any atom is -0.506 e. The number of para-hydroxylation sites is 1. The van der Waals surface area contributed by atoms with E-state index in [1.807, 2.05) is 62.4 Å². The highest BCUT2D eigenvalue weighted by Crippen LogP contribution is 2.42. The molecule has 0 spiro atoms. The molecule has 1 atom stereocenters. The minimum absolute atomic E-state index is 0.00139. The molecule has 0 bridgehead atoms. The van der Waals surface area contributed by atoms with Crippen LogP contribution < -0.4 is 4.90 Å². The molecule has 2 aromatic carbocycles. The number of nitrogens with zero attached hydrogens (tertiary/aromatic N) is 1. The molecule has 0 aliphatic carbocycles. The monoisotopic (exact) mass is 309 g/mol. The van der Waals surface area contributed by atoms with Crippen LogP contribution in [-0.4, -0.2) is 18.1 Å². The molecule has 1 N–H and O–H groups in total. The predicted octanol–water partition coefficient (Wildman–Crippen LogP) is 3.81. The van der Waals surface area contributed by atoms with E-state index in [1.54, 1.807) is 4.90 Å². The van der Waals surface area contributed by atoms with Crippen LogP contribution in [0.3, 0.4) is 0 Å². The third-order valence-corrected chi connectivity index (χ3v) is 4.16. The number of hydrogen-bond acceptors (Lipinski definition) is 3. The Hall–Kier alpha value is -2.75. The summed E-state index contributed by atoms with van der Waals surface area (Å²) in [5.74, 6) is -0.371. The van der Waals surface area contributed by atoms with Crippen molar-refractivity contribution < 1.29 is 14.6 Å². The number of hydrogen-bond donors (Lipinski definition) is 1. The van der Waals surface area contributed by atoms with Crippen molar-refractivity contribution in [1.82, 2.24) is 0 Å². The van der Waals surface area contributed by atoms with Crippen LogP contribution >= 0.6 is 0 Å². The van der Waals surface area contributed by atoms with Crippen LogP contribution in [0, 0.1) is 13.8 Å². The summed E-state index contributed by atoms with van der Waals surface area (Å²) in [4.78, 5) is 14.4. The maximum absolute atomic E-state index is 12.8. The molecular weight excluding hydrogens is 290 g/mol. The van der Waals surface area contributed by atoms with Gasteiger partial charge in [-0.1, -0.05) is 48.5 Å². The lowest BCUT2D eigenvalue weighted by Crippen LogP contribution is -2.31. The Labute approximate surface area is 135 Å². The fourth-order valence-corrected chi connectivity index (χ4v) is 3.13. The molecule has 0 aromatic heterocycles. The second-order valence-electron chi connectivity index (χ2n) is 5.65. The van der Waals surface area contributed by atoms with Gasteiger partial charge in [0, 0.05) is 0 Å². The van der Waals surface area contributed by atoms with E-state index >= 15 is 0 Å². The molecular formula is C19H19NO3. The lowest BCUT2D eigenvalue weighted by Gasteiger charge is -2.28. The molecule has 23 heavy (non-hydrogen) atoms. The number of rotatable bonds is 3. The highest BCUT2D eigenvalue weighted by atomic mass is 16.5. The van der Waals surface area contributed by atoms with Gasteiger partial charge in [-0.25, -0.2) is 0 Å². The standard InChI is InChI=1S/C19H19NO3/c1-12-8-7-9-13(2)15(12)20-16(14-10-5-4-6-11-14)17(21)18(23-3)19(20)22/h4-11,16,21H,1-3H3. The first-order valence-electron chi connectivity index (χ1n) is 7.48. The Morgan fingerprint density at radius 3 is 2.17 bits per heavy atom. The number of anilines is 1. The SMILES string of the molecule is COC1=C(O)C(c2ccccc2)N(c2c(C)cccc2C)C1=O. The summed E-state index contributed by atoms with van der Waals surface area (Å²) >= 11 is 0. The second kappa shape index (κ2) is 5.80. The van der Waals surface area contributed by atoms with Crippen molar-refractivity contribution in [2.75, 3.05) is 12.0 Å². The highest BCUT2D eigenvalue weighted by molar-refractivity contribution is 6.09. The number of benzene rings is 2. The summed E-state index contributed by atoms with van der Waals surface area (Å²) in [7, 11) is 1.40. The number of aliphatic hydroxyl groups excluding tert-OH is 1. The zero-order valence-electron chi connectivity index (χ0n) is 13.4. The van der Waals surface area contributed by atoms with Crippen LogP contribution in [0.4, 0.5) is 5.69 Å². The Bertz CT molecular complexity index is 760. The lowest BCUT2D eigenvalue weighted by atomic mass is 10.0. The summed E-state index contributed by atoms with van der Waals surface area (Å²) in [5, 5.41) is 10.6. The molecule has 3 rings (SSSR count). The van der Waals surface area contributed by atoms with E-state index in [9.17, 15) is 9.90 Å². The molecule has 1 unspecified atom stereocenters. The zero-order chi connectivity index (χ0) is 16.6. The molecule has 4 heteroatoms. The number of ether oxygens (including phenoxy) is 1. The van der Waals surface area contributed by atoms with E-state index < -0.39 is 6.04 Å². The van der Waals surface area contributed by atoms with Gasteiger partial charge in [0.15, 0.2) is 5.76 Å². The summed E-state index contributed by atoms with van der Waals surface area (Å²) in [6.45, 7) is 3.92. The van der Waals surface area contributed by atoms with Crippen molar-refractivity contribution in [3.8, 4) is 0 Å². The molecule has 4 nitrogen and oxygen atoms in total. The van der Waals surface area contributed by atoms with Crippen LogP contribution in [-0.2, 0) is 9.53 Å². The Morgan fingerprint density at radius 1 is 1.00 bits per heavy atom. The van der Waals surface area contributed by atoms with Crippen LogP contribution in [0.1, 0.15) is 22.7 Å². The van der Waals surface area contributed by atoms with E-state index in [-0.39, 0.29) is 17.4 Å². The molecule has 0 saturated heterocycles. The Balaban J connectivity index is 2.20. The molecule has 0 fully saturated rings. The molecule has 118 valence electrons. The summed E-state index contributed by atoms with van der Waals surface area (Å²) in [5.41, 5.74) is 3.60. The quantitative estimate of drug-likeness (QED) is 0.938. The van der Waals surface area contributed by atoms with Crippen LogP contribution in [0.2, 0.25) is 0 Å². The fourth-order valence-electron chi connectivity index (χ4n) is 3.13. The fraction of sp³-hybridized carbons (Fsp3) is 0.211. The molecule has 1 aliphatic rings. The van der Waals surface area contributed by atoms with Crippen LogP contribution in [0.15, 0.2) is 60.0 Å². The average molecular weight is 309 g/mol. The van der Waals surface area contributed by atoms with Crippen molar-refractivity contribution in [2.45, 2.75) is 19.9 Å². The van der Waals surface area contributed by atoms with Gasteiger partial charge >= 0.3 is 0 Å². The predicted molar refractivity (Wildman–Crippen MR) is 89.2 cm³/mol. The van der Waals surface area contributed by atoms with Crippen molar-refractivity contribution in [3.05, 3.63) is 76.7 Å². The van der Waals surface area contributed by atoms with Gasteiger partial charge in [0.1, 0.15) is 6.04 Å². The van der Waals surface area contributed by atoms with Gasteiger partial charge in [-0.05, 0) is 30.5 Å². The summed E-state index contributed by atoms with van der Waals surface area (Å²) in [6.07, 6.45) is 0. The van der Waals surface area contributed by atoms with Gasteiger partial charge in [0.25, 0.3) is 5.91 Å². The van der Waals surface area contributed by atoms with E-state index in [2.05, 4.69) is 0 Å². The topological polar surface area (TPSA) is 49.8 Å². The normalized spacial score (nSPS) is 17.8. The molecule has 1 aliphatic heterocycles. The van der Waals surface area contributed by atoms with Gasteiger partial charge < -0.3 is 9.84 Å². The smallest absolute Gasteiger partial charge is 0.297 e. The number of carbonyl (C=O) groups is 1. The number of aryl methyl sites for hydroxylation is 2. The first-order valence-corrected chi connectivity index (χ1v) is 7.48. The van der Waals surface area contributed by atoms with E-state index in [4.69, 9.17) is 4.74 Å². The molecule has 1 amide bonds.